The lowest BCUT2D eigenvalue weighted by Gasteiger charge is -2.20. The Morgan fingerprint density at radius 1 is 1.67 bits per heavy atom. The molecule has 0 bridgehead atoms. The van der Waals surface area contributed by atoms with Crippen molar-refractivity contribution in [2.45, 2.75) is 39.2 Å². The fourth-order valence-electron chi connectivity index (χ4n) is 1.59. The molecule has 0 unspecified atom stereocenters. The number of hydrogen-bond acceptors (Lipinski definition) is 3. The number of hydrogen-bond donors (Lipinski definition) is 2. The zero-order chi connectivity index (χ0) is 11.3. The van der Waals surface area contributed by atoms with Gasteiger partial charge in [0.05, 0.1) is 12.2 Å². The van der Waals surface area contributed by atoms with Crippen molar-refractivity contribution in [3.63, 3.8) is 0 Å². The van der Waals surface area contributed by atoms with E-state index < -0.39 is 0 Å². The average Bonchev–Trinajstić information content (AvgIpc) is 2.18. The monoisotopic (exact) mass is 213 g/mol. The second-order valence-electron chi connectivity index (χ2n) is 3.87. The number of ether oxygens (including phenoxy) is 1. The lowest BCUT2D eigenvalue weighted by Crippen LogP contribution is -2.35. The topological polar surface area (TPSA) is 58.6 Å². The number of carbonyl (C=O) groups excluding carboxylic acids is 1. The van der Waals surface area contributed by atoms with Crippen molar-refractivity contribution in [3.8, 4) is 0 Å². The van der Waals surface area contributed by atoms with Gasteiger partial charge in [-0.15, -0.1) is 0 Å². The highest BCUT2D eigenvalue weighted by atomic mass is 16.5. The van der Waals surface area contributed by atoms with Crippen LogP contribution in [-0.4, -0.2) is 30.3 Å². The van der Waals surface area contributed by atoms with E-state index in [1.165, 1.54) is 0 Å². The number of aliphatic hydroxyl groups is 1. The number of amides is 1. The molecule has 0 aliphatic carbocycles. The van der Waals surface area contributed by atoms with E-state index in [9.17, 15) is 4.79 Å². The Hall–Kier alpha value is -1.03. The molecular formula is C11H19NO3. The van der Waals surface area contributed by atoms with E-state index in [4.69, 9.17) is 9.84 Å². The fourth-order valence-corrected chi connectivity index (χ4v) is 1.59. The van der Waals surface area contributed by atoms with Crippen molar-refractivity contribution < 1.29 is 14.6 Å². The van der Waals surface area contributed by atoms with E-state index in [1.807, 2.05) is 13.8 Å². The molecule has 1 aliphatic rings. The first-order valence-corrected chi connectivity index (χ1v) is 5.39. The van der Waals surface area contributed by atoms with Crippen LogP contribution in [0.3, 0.4) is 0 Å². The van der Waals surface area contributed by atoms with Crippen molar-refractivity contribution in [3.05, 3.63) is 11.3 Å². The molecule has 1 aliphatic heterocycles. The molecule has 86 valence electrons. The molecule has 2 N–H and O–H groups in total. The van der Waals surface area contributed by atoms with Gasteiger partial charge in [-0.2, -0.15) is 0 Å². The van der Waals surface area contributed by atoms with E-state index in [0.717, 1.165) is 24.2 Å². The van der Waals surface area contributed by atoms with Crippen LogP contribution in [0.25, 0.3) is 0 Å². The van der Waals surface area contributed by atoms with Gasteiger partial charge in [0.15, 0.2) is 0 Å². The summed E-state index contributed by atoms with van der Waals surface area (Å²) >= 11 is 0. The summed E-state index contributed by atoms with van der Waals surface area (Å²) in [4.78, 5) is 11.8. The summed E-state index contributed by atoms with van der Waals surface area (Å²) in [6, 6.07) is 0.00438. The molecule has 0 saturated carbocycles. The number of nitrogens with one attached hydrogen (secondary N) is 1. The zero-order valence-electron chi connectivity index (χ0n) is 9.38. The predicted octanol–water partition coefficient (Wildman–Crippen LogP) is 0.958. The predicted molar refractivity (Wildman–Crippen MR) is 57.2 cm³/mol. The Kier molecular flexibility index (Phi) is 4.62. The third-order valence-corrected chi connectivity index (χ3v) is 2.53. The number of carbonyl (C=O) groups is 1. The Morgan fingerprint density at radius 2 is 2.40 bits per heavy atom. The molecule has 1 heterocycles. The minimum Gasteiger partial charge on any atom is -0.498 e. The molecule has 1 atom stereocenters. The first kappa shape index (κ1) is 12.0. The van der Waals surface area contributed by atoms with Gasteiger partial charge in [0.1, 0.15) is 5.76 Å². The maximum atomic E-state index is 11.8. The van der Waals surface area contributed by atoms with E-state index in [1.54, 1.807) is 0 Å². The maximum Gasteiger partial charge on any atom is 0.250 e. The molecule has 15 heavy (non-hydrogen) atoms. The first-order chi connectivity index (χ1) is 7.15. The highest BCUT2D eigenvalue weighted by molar-refractivity contribution is 5.94. The van der Waals surface area contributed by atoms with E-state index in [0.29, 0.717) is 13.0 Å². The second kappa shape index (κ2) is 5.75. The number of rotatable bonds is 4. The van der Waals surface area contributed by atoms with Crippen molar-refractivity contribution in [1.82, 2.24) is 5.32 Å². The van der Waals surface area contributed by atoms with Gasteiger partial charge in [0.25, 0.3) is 5.91 Å². The van der Waals surface area contributed by atoms with Crippen LogP contribution in [0, 0.1) is 0 Å². The summed E-state index contributed by atoms with van der Waals surface area (Å²) in [6.45, 7) is 4.50. The van der Waals surface area contributed by atoms with Gasteiger partial charge in [-0.25, -0.2) is 0 Å². The van der Waals surface area contributed by atoms with Crippen LogP contribution < -0.4 is 5.32 Å². The SMILES string of the molecule is CC1=C(C(=O)N[C@H](C)CCO)CCCO1. The molecule has 0 spiro atoms. The third-order valence-electron chi connectivity index (χ3n) is 2.53. The first-order valence-electron chi connectivity index (χ1n) is 5.39. The van der Waals surface area contributed by atoms with E-state index in [-0.39, 0.29) is 18.6 Å². The van der Waals surface area contributed by atoms with Crippen molar-refractivity contribution >= 4 is 5.91 Å². The van der Waals surface area contributed by atoms with Crippen LogP contribution in [0.4, 0.5) is 0 Å². The van der Waals surface area contributed by atoms with Crippen molar-refractivity contribution in [2.24, 2.45) is 0 Å². The van der Waals surface area contributed by atoms with Gasteiger partial charge in [-0.05, 0) is 33.1 Å². The number of aliphatic hydroxyl groups excluding tert-OH is 1. The Bertz CT molecular complexity index is 261. The average molecular weight is 213 g/mol. The Labute approximate surface area is 90.3 Å². The molecule has 0 aromatic carbocycles. The van der Waals surface area contributed by atoms with Crippen molar-refractivity contribution in [2.75, 3.05) is 13.2 Å². The van der Waals surface area contributed by atoms with Gasteiger partial charge in [0, 0.05) is 12.6 Å². The summed E-state index contributed by atoms with van der Waals surface area (Å²) in [5.74, 6) is 0.670. The molecule has 0 aromatic heterocycles. The largest absolute Gasteiger partial charge is 0.498 e. The van der Waals surface area contributed by atoms with Crippen LogP contribution in [0.15, 0.2) is 11.3 Å². The summed E-state index contributed by atoms with van der Waals surface area (Å²) in [7, 11) is 0. The van der Waals surface area contributed by atoms with Crippen LogP contribution in [0.5, 0.6) is 0 Å². The molecule has 0 aromatic rings. The van der Waals surface area contributed by atoms with Gasteiger partial charge in [-0.3, -0.25) is 4.79 Å². The lowest BCUT2D eigenvalue weighted by molar-refractivity contribution is -0.118. The summed E-state index contributed by atoms with van der Waals surface area (Å²) in [5, 5.41) is 11.6. The molecule has 1 rings (SSSR count). The summed E-state index contributed by atoms with van der Waals surface area (Å²) in [6.07, 6.45) is 2.26. The molecule has 4 nitrogen and oxygen atoms in total. The highest BCUT2D eigenvalue weighted by Crippen LogP contribution is 2.18. The van der Waals surface area contributed by atoms with Gasteiger partial charge < -0.3 is 15.2 Å². The number of allylic oxidation sites excluding steroid dienone is 1. The second-order valence-corrected chi connectivity index (χ2v) is 3.87. The molecule has 0 saturated heterocycles. The van der Waals surface area contributed by atoms with Crippen LogP contribution in [0.2, 0.25) is 0 Å². The van der Waals surface area contributed by atoms with Crippen LogP contribution >= 0.6 is 0 Å². The highest BCUT2D eigenvalue weighted by Gasteiger charge is 2.18. The van der Waals surface area contributed by atoms with Gasteiger partial charge in [0.2, 0.25) is 0 Å². The Balaban J connectivity index is 2.52. The quantitative estimate of drug-likeness (QED) is 0.731. The van der Waals surface area contributed by atoms with Gasteiger partial charge >= 0.3 is 0 Å². The van der Waals surface area contributed by atoms with E-state index in [2.05, 4.69) is 5.32 Å². The third kappa shape index (κ3) is 3.55. The molecule has 0 fully saturated rings. The van der Waals surface area contributed by atoms with Crippen molar-refractivity contribution in [1.29, 1.82) is 0 Å². The lowest BCUT2D eigenvalue weighted by atomic mass is 10.1. The van der Waals surface area contributed by atoms with E-state index >= 15 is 0 Å². The fraction of sp³-hybridized carbons (Fsp3) is 0.727. The minimum atomic E-state index is -0.0619. The Morgan fingerprint density at radius 3 is 3.00 bits per heavy atom. The standard InChI is InChI=1S/C11H19NO3/c1-8(5-6-13)12-11(14)10-4-3-7-15-9(10)2/h8,13H,3-7H2,1-2H3,(H,12,14)/t8-/m1/s1. The molecule has 1 amide bonds. The minimum absolute atomic E-state index is 0.00438. The normalized spacial score (nSPS) is 18.3. The van der Waals surface area contributed by atoms with Crippen LogP contribution in [-0.2, 0) is 9.53 Å². The molecular weight excluding hydrogens is 194 g/mol. The van der Waals surface area contributed by atoms with Gasteiger partial charge in [-0.1, -0.05) is 0 Å². The summed E-state index contributed by atoms with van der Waals surface area (Å²) in [5.41, 5.74) is 0.742. The zero-order valence-corrected chi connectivity index (χ0v) is 9.38. The molecule has 4 heteroatoms. The maximum absolute atomic E-state index is 11.8. The van der Waals surface area contributed by atoms with Crippen LogP contribution in [0.1, 0.15) is 33.1 Å². The molecule has 0 radical (unpaired) electrons. The smallest absolute Gasteiger partial charge is 0.250 e. The summed E-state index contributed by atoms with van der Waals surface area (Å²) < 4.78 is 5.32.